The highest BCUT2D eigenvalue weighted by Gasteiger charge is 2.07. The molecule has 0 aliphatic rings. The predicted octanol–water partition coefficient (Wildman–Crippen LogP) is 3.77. The van der Waals surface area contributed by atoms with Gasteiger partial charge in [0.2, 0.25) is 0 Å². The number of aromatic nitrogens is 1. The Kier molecular flexibility index (Phi) is 2.07. The van der Waals surface area contributed by atoms with Gasteiger partial charge in [0.05, 0.1) is 17.5 Å². The van der Waals surface area contributed by atoms with E-state index in [0.717, 1.165) is 11.4 Å². The lowest BCUT2D eigenvalue weighted by atomic mass is 10.1. The fraction of sp³-hybridized carbons (Fsp3) is 0.154. The van der Waals surface area contributed by atoms with Crippen molar-refractivity contribution in [3.05, 3.63) is 36.2 Å². The number of fused-ring (bicyclic) bond motifs is 3. The van der Waals surface area contributed by atoms with Crippen LogP contribution in [0.3, 0.4) is 0 Å². The topological polar surface area (TPSA) is 22.1 Å². The zero-order valence-corrected chi connectivity index (χ0v) is 9.97. The normalized spacial score (nSPS) is 11.1. The zero-order chi connectivity index (χ0) is 11.1. The van der Waals surface area contributed by atoms with Gasteiger partial charge in [0.25, 0.3) is 0 Å². The highest BCUT2D eigenvalue weighted by atomic mass is 32.1. The van der Waals surface area contributed by atoms with Gasteiger partial charge < -0.3 is 4.74 Å². The van der Waals surface area contributed by atoms with Crippen molar-refractivity contribution in [3.8, 4) is 5.75 Å². The largest absolute Gasteiger partial charge is 0.497 e. The van der Waals surface area contributed by atoms with Crippen LogP contribution in [0.4, 0.5) is 0 Å². The van der Waals surface area contributed by atoms with Crippen LogP contribution in [0.2, 0.25) is 0 Å². The van der Waals surface area contributed by atoms with E-state index in [1.54, 1.807) is 18.4 Å². The molecule has 3 rings (SSSR count). The first-order valence-electron chi connectivity index (χ1n) is 5.11. The van der Waals surface area contributed by atoms with Gasteiger partial charge >= 0.3 is 0 Å². The van der Waals surface area contributed by atoms with Crippen molar-refractivity contribution in [1.29, 1.82) is 0 Å². The number of ether oxygens (including phenoxy) is 1. The first kappa shape index (κ1) is 9.60. The molecular weight excluding hydrogens is 218 g/mol. The molecule has 0 saturated carbocycles. The Morgan fingerprint density at radius 2 is 2.06 bits per heavy atom. The average molecular weight is 229 g/mol. The smallest absolute Gasteiger partial charge is 0.120 e. The van der Waals surface area contributed by atoms with Gasteiger partial charge in [-0.1, -0.05) is 0 Å². The van der Waals surface area contributed by atoms with Gasteiger partial charge in [0.1, 0.15) is 5.75 Å². The van der Waals surface area contributed by atoms with Gasteiger partial charge in [0.15, 0.2) is 0 Å². The molecule has 3 aromatic rings. The lowest BCUT2D eigenvalue weighted by Crippen LogP contribution is -1.80. The van der Waals surface area contributed by atoms with E-state index in [9.17, 15) is 0 Å². The van der Waals surface area contributed by atoms with Crippen molar-refractivity contribution < 1.29 is 4.74 Å². The maximum Gasteiger partial charge on any atom is 0.120 e. The van der Waals surface area contributed by atoms with E-state index in [0.29, 0.717) is 0 Å². The van der Waals surface area contributed by atoms with Crippen LogP contribution < -0.4 is 4.74 Å². The van der Waals surface area contributed by atoms with Crippen molar-refractivity contribution >= 4 is 31.5 Å². The van der Waals surface area contributed by atoms with E-state index in [1.165, 1.54) is 20.2 Å². The molecule has 0 fully saturated rings. The Balaban J connectivity index is 2.45. The van der Waals surface area contributed by atoms with E-state index in [-0.39, 0.29) is 0 Å². The van der Waals surface area contributed by atoms with Gasteiger partial charge in [-0.3, -0.25) is 4.98 Å². The Labute approximate surface area is 97.5 Å². The molecule has 80 valence electrons. The van der Waals surface area contributed by atoms with Gasteiger partial charge in [-0.15, -0.1) is 11.3 Å². The van der Waals surface area contributed by atoms with Crippen molar-refractivity contribution in [2.75, 3.05) is 7.11 Å². The highest BCUT2D eigenvalue weighted by Crippen LogP contribution is 2.36. The number of methoxy groups -OCH3 is 1. The molecule has 2 heterocycles. The summed E-state index contributed by atoms with van der Waals surface area (Å²) in [7, 11) is 1.70. The quantitative estimate of drug-likeness (QED) is 0.633. The molecule has 0 spiro atoms. The first-order valence-corrected chi connectivity index (χ1v) is 5.93. The Hall–Kier alpha value is -1.61. The fourth-order valence-electron chi connectivity index (χ4n) is 1.94. The minimum Gasteiger partial charge on any atom is -0.497 e. The second kappa shape index (κ2) is 3.46. The summed E-state index contributed by atoms with van der Waals surface area (Å²) in [5, 5.41) is 2.57. The summed E-state index contributed by atoms with van der Waals surface area (Å²) in [6.07, 6.45) is 1.87. The maximum absolute atomic E-state index is 5.24. The molecule has 0 aliphatic carbocycles. The SMILES string of the molecule is COc1ccc2c(c1)sc1c(C)nccc12. The standard InChI is InChI=1S/C13H11NOS/c1-8-13-11(5-6-14-8)10-4-3-9(15-2)7-12(10)16-13/h3-7H,1-2H3. The van der Waals surface area contributed by atoms with E-state index in [4.69, 9.17) is 4.74 Å². The van der Waals surface area contributed by atoms with Crippen LogP contribution in [0.25, 0.3) is 20.2 Å². The molecule has 0 aliphatic heterocycles. The third-order valence-electron chi connectivity index (χ3n) is 2.77. The van der Waals surface area contributed by atoms with Crippen molar-refractivity contribution in [2.24, 2.45) is 0 Å². The molecule has 3 heteroatoms. The summed E-state index contributed by atoms with van der Waals surface area (Å²) >= 11 is 1.78. The number of nitrogens with zero attached hydrogens (tertiary/aromatic N) is 1. The summed E-state index contributed by atoms with van der Waals surface area (Å²) in [6, 6.07) is 8.28. The molecule has 0 radical (unpaired) electrons. The third kappa shape index (κ3) is 1.28. The molecule has 16 heavy (non-hydrogen) atoms. The second-order valence-electron chi connectivity index (χ2n) is 3.74. The predicted molar refractivity (Wildman–Crippen MR) is 68.4 cm³/mol. The molecule has 0 unspecified atom stereocenters. The number of thiophene rings is 1. The third-order valence-corrected chi connectivity index (χ3v) is 4.05. The van der Waals surface area contributed by atoms with E-state index in [2.05, 4.69) is 30.1 Å². The minimum absolute atomic E-state index is 0.907. The van der Waals surface area contributed by atoms with Crippen LogP contribution in [0.15, 0.2) is 30.5 Å². The van der Waals surface area contributed by atoms with Crippen LogP contribution >= 0.6 is 11.3 Å². The van der Waals surface area contributed by atoms with Crippen LogP contribution in [0.1, 0.15) is 5.69 Å². The number of rotatable bonds is 1. The Bertz CT molecular complexity index is 672. The Morgan fingerprint density at radius 1 is 1.19 bits per heavy atom. The van der Waals surface area contributed by atoms with E-state index in [1.807, 2.05) is 12.3 Å². The lowest BCUT2D eigenvalue weighted by molar-refractivity contribution is 0.415. The Morgan fingerprint density at radius 3 is 2.88 bits per heavy atom. The number of hydrogen-bond acceptors (Lipinski definition) is 3. The summed E-state index contributed by atoms with van der Waals surface area (Å²) in [5.41, 5.74) is 1.10. The van der Waals surface area contributed by atoms with Crippen LogP contribution in [0.5, 0.6) is 5.75 Å². The number of benzene rings is 1. The lowest BCUT2D eigenvalue weighted by Gasteiger charge is -1.98. The van der Waals surface area contributed by atoms with Crippen molar-refractivity contribution in [2.45, 2.75) is 6.92 Å². The summed E-state index contributed by atoms with van der Waals surface area (Å²) < 4.78 is 7.76. The minimum atomic E-state index is 0.907. The van der Waals surface area contributed by atoms with Gasteiger partial charge in [-0.05, 0) is 31.2 Å². The van der Waals surface area contributed by atoms with E-state index >= 15 is 0 Å². The number of pyridine rings is 1. The second-order valence-corrected chi connectivity index (χ2v) is 4.79. The van der Waals surface area contributed by atoms with Gasteiger partial charge in [-0.25, -0.2) is 0 Å². The van der Waals surface area contributed by atoms with Crippen LogP contribution in [-0.2, 0) is 0 Å². The van der Waals surface area contributed by atoms with Gasteiger partial charge in [0, 0.05) is 21.7 Å². The molecular formula is C13H11NOS. The van der Waals surface area contributed by atoms with Gasteiger partial charge in [-0.2, -0.15) is 0 Å². The molecule has 0 amide bonds. The maximum atomic E-state index is 5.24. The summed E-state index contributed by atoms with van der Waals surface area (Å²) in [4.78, 5) is 4.32. The number of aryl methyl sites for hydroxylation is 1. The zero-order valence-electron chi connectivity index (χ0n) is 9.15. The monoisotopic (exact) mass is 229 g/mol. The van der Waals surface area contributed by atoms with E-state index < -0.39 is 0 Å². The summed E-state index contributed by atoms with van der Waals surface area (Å²) in [5.74, 6) is 0.907. The molecule has 0 bridgehead atoms. The average Bonchev–Trinajstić information content (AvgIpc) is 2.68. The molecule has 0 saturated heterocycles. The first-order chi connectivity index (χ1) is 7.79. The molecule has 1 aromatic carbocycles. The molecule has 2 aromatic heterocycles. The number of hydrogen-bond donors (Lipinski definition) is 0. The van der Waals surface area contributed by atoms with Crippen molar-refractivity contribution in [3.63, 3.8) is 0 Å². The van der Waals surface area contributed by atoms with Crippen molar-refractivity contribution in [1.82, 2.24) is 4.98 Å². The molecule has 2 nitrogen and oxygen atoms in total. The van der Waals surface area contributed by atoms with Crippen LogP contribution in [-0.4, -0.2) is 12.1 Å². The van der Waals surface area contributed by atoms with Crippen LogP contribution in [0, 0.1) is 6.92 Å². The highest BCUT2D eigenvalue weighted by molar-refractivity contribution is 7.26. The molecule has 0 N–H and O–H groups in total. The fourth-order valence-corrected chi connectivity index (χ4v) is 3.11. The molecule has 0 atom stereocenters. The summed E-state index contributed by atoms with van der Waals surface area (Å²) in [6.45, 7) is 2.05.